The van der Waals surface area contributed by atoms with Crippen LogP contribution in [0, 0.1) is 11.3 Å². The van der Waals surface area contributed by atoms with Crippen LogP contribution in [0.15, 0.2) is 0 Å². The lowest BCUT2D eigenvalue weighted by atomic mass is 9.75. The van der Waals surface area contributed by atoms with Gasteiger partial charge in [0.25, 0.3) is 0 Å². The number of nitrogens with one attached hydrogen (secondary N) is 1. The summed E-state index contributed by atoms with van der Waals surface area (Å²) in [6.45, 7) is 15.7. The highest BCUT2D eigenvalue weighted by atomic mass is 16.2. The van der Waals surface area contributed by atoms with E-state index in [2.05, 4.69) is 19.2 Å². The summed E-state index contributed by atoms with van der Waals surface area (Å²) in [6.07, 6.45) is 6.21. The molecule has 0 spiro atoms. The maximum absolute atomic E-state index is 12.3. The van der Waals surface area contributed by atoms with Crippen LogP contribution in [-0.4, -0.2) is 35.8 Å². The lowest BCUT2D eigenvalue weighted by molar-refractivity contribution is -0.134. The van der Waals surface area contributed by atoms with Gasteiger partial charge in [-0.25, -0.2) is 0 Å². The zero-order valence-electron chi connectivity index (χ0n) is 17.1. The van der Waals surface area contributed by atoms with Crippen LogP contribution < -0.4 is 5.32 Å². The topological polar surface area (TPSA) is 49.4 Å². The number of likely N-dealkylation sites (tertiary alicyclic amines) is 1. The summed E-state index contributed by atoms with van der Waals surface area (Å²) in [6, 6.07) is 0.362. The van der Waals surface area contributed by atoms with Crippen molar-refractivity contribution in [2.75, 3.05) is 13.1 Å². The van der Waals surface area contributed by atoms with E-state index in [0.717, 1.165) is 38.8 Å². The third-order valence-corrected chi connectivity index (χ3v) is 5.00. The molecule has 2 rings (SSSR count). The molecule has 0 aromatic rings. The maximum atomic E-state index is 12.3. The maximum Gasteiger partial charge on any atom is 0.223 e. The van der Waals surface area contributed by atoms with Crippen LogP contribution >= 0.6 is 0 Å². The zero-order chi connectivity index (χ0) is 18.8. The Bertz CT molecular complexity index is 362. The number of carbonyl (C=O) groups excluding carboxylic acids is 2. The Labute approximate surface area is 149 Å². The van der Waals surface area contributed by atoms with Gasteiger partial charge in [-0.3, -0.25) is 9.59 Å². The molecule has 24 heavy (non-hydrogen) atoms. The van der Waals surface area contributed by atoms with Gasteiger partial charge in [-0.05, 0) is 43.9 Å². The number of piperidine rings is 1. The number of amides is 2. The molecule has 4 heteroatoms. The highest BCUT2D eigenvalue weighted by molar-refractivity contribution is 5.79. The monoisotopic (exact) mass is 340 g/mol. The zero-order valence-corrected chi connectivity index (χ0v) is 17.1. The van der Waals surface area contributed by atoms with Crippen molar-refractivity contribution in [2.24, 2.45) is 11.3 Å². The molecular formula is C20H40N2O2. The quantitative estimate of drug-likeness (QED) is 0.811. The van der Waals surface area contributed by atoms with E-state index in [4.69, 9.17) is 0 Å². The number of hydrogen-bond donors (Lipinski definition) is 1. The first-order valence-corrected chi connectivity index (χ1v) is 9.93. The molecule has 142 valence electrons. The molecule has 4 nitrogen and oxygen atoms in total. The third-order valence-electron chi connectivity index (χ3n) is 5.00. The molecule has 1 saturated heterocycles. The summed E-state index contributed by atoms with van der Waals surface area (Å²) in [5, 5.41) is 3.23. The first kappa shape index (κ1) is 22.9. The number of rotatable bonds is 2. The van der Waals surface area contributed by atoms with E-state index in [1.54, 1.807) is 6.92 Å². The van der Waals surface area contributed by atoms with Gasteiger partial charge in [0.2, 0.25) is 11.8 Å². The third kappa shape index (κ3) is 7.67. The summed E-state index contributed by atoms with van der Waals surface area (Å²) < 4.78 is 0. The average Bonchev–Trinajstić information content (AvgIpc) is 2.60. The number of carbonyl (C=O) groups is 2. The molecule has 0 aromatic carbocycles. The van der Waals surface area contributed by atoms with E-state index < -0.39 is 0 Å². The minimum absolute atomic E-state index is 0.0977. The molecule has 1 aliphatic carbocycles. The minimum atomic E-state index is 0.0977. The lowest BCUT2D eigenvalue weighted by Crippen LogP contribution is -2.46. The van der Waals surface area contributed by atoms with Gasteiger partial charge >= 0.3 is 0 Å². The molecular weight excluding hydrogens is 300 g/mol. The Hall–Kier alpha value is -1.06. The Morgan fingerprint density at radius 2 is 1.38 bits per heavy atom. The van der Waals surface area contributed by atoms with E-state index in [-0.39, 0.29) is 17.7 Å². The van der Waals surface area contributed by atoms with Gasteiger partial charge in [0.05, 0.1) is 0 Å². The van der Waals surface area contributed by atoms with E-state index in [1.807, 2.05) is 32.6 Å². The second-order valence-corrected chi connectivity index (χ2v) is 7.23. The molecule has 2 aliphatic rings. The second kappa shape index (κ2) is 11.5. The van der Waals surface area contributed by atoms with Crippen molar-refractivity contribution < 1.29 is 9.59 Å². The fraction of sp³-hybridized carbons (Fsp3) is 0.900. The van der Waals surface area contributed by atoms with E-state index >= 15 is 0 Å². The van der Waals surface area contributed by atoms with Crippen LogP contribution in [0.25, 0.3) is 0 Å². The van der Waals surface area contributed by atoms with Gasteiger partial charge in [0.15, 0.2) is 0 Å². The van der Waals surface area contributed by atoms with Crippen LogP contribution in [0.5, 0.6) is 0 Å². The van der Waals surface area contributed by atoms with Gasteiger partial charge < -0.3 is 10.2 Å². The molecule has 1 heterocycles. The van der Waals surface area contributed by atoms with Gasteiger partial charge in [-0.1, -0.05) is 41.5 Å². The van der Waals surface area contributed by atoms with E-state index in [1.165, 1.54) is 12.8 Å². The van der Waals surface area contributed by atoms with Gasteiger partial charge in [0.1, 0.15) is 0 Å². The first-order chi connectivity index (χ1) is 11.4. The van der Waals surface area contributed by atoms with Crippen molar-refractivity contribution in [1.82, 2.24) is 10.2 Å². The average molecular weight is 341 g/mol. The van der Waals surface area contributed by atoms with Gasteiger partial charge in [-0.2, -0.15) is 0 Å². The standard InChI is InChI=1S/C16H28N2O2.2C2H6/c1-12(19)18-10-6-13(7-11-18)15(20)17-14-4-8-16(2,3)9-5-14;2*1-2/h13-14H,4-11H2,1-3H3,(H,17,20);2*1-2H3. The van der Waals surface area contributed by atoms with Crippen molar-refractivity contribution in [2.45, 2.75) is 93.0 Å². The van der Waals surface area contributed by atoms with Crippen LogP contribution in [0.1, 0.15) is 87.0 Å². The minimum Gasteiger partial charge on any atom is -0.353 e. The van der Waals surface area contributed by atoms with E-state index in [0.29, 0.717) is 11.5 Å². The molecule has 2 amide bonds. The molecule has 0 radical (unpaired) electrons. The molecule has 1 N–H and O–H groups in total. The number of nitrogens with zero attached hydrogens (tertiary/aromatic N) is 1. The van der Waals surface area contributed by atoms with Crippen LogP contribution in [0.4, 0.5) is 0 Å². The Morgan fingerprint density at radius 1 is 0.917 bits per heavy atom. The predicted octanol–water partition coefficient (Wildman–Crippen LogP) is 4.38. The lowest BCUT2D eigenvalue weighted by Gasteiger charge is -2.36. The molecule has 1 aliphatic heterocycles. The molecule has 0 aromatic heterocycles. The fourth-order valence-electron chi connectivity index (χ4n) is 3.32. The Kier molecular flexibility index (Phi) is 11.0. The second-order valence-electron chi connectivity index (χ2n) is 7.23. The summed E-state index contributed by atoms with van der Waals surface area (Å²) in [7, 11) is 0. The molecule has 0 bridgehead atoms. The summed E-state index contributed by atoms with van der Waals surface area (Å²) in [5.41, 5.74) is 0.439. The molecule has 2 fully saturated rings. The van der Waals surface area contributed by atoms with E-state index in [9.17, 15) is 9.59 Å². The van der Waals surface area contributed by atoms with Crippen LogP contribution in [0.3, 0.4) is 0 Å². The molecule has 0 atom stereocenters. The molecule has 0 unspecified atom stereocenters. The predicted molar refractivity (Wildman–Crippen MR) is 102 cm³/mol. The Morgan fingerprint density at radius 3 is 1.79 bits per heavy atom. The number of hydrogen-bond acceptors (Lipinski definition) is 2. The highest BCUT2D eigenvalue weighted by Crippen LogP contribution is 2.35. The first-order valence-electron chi connectivity index (χ1n) is 9.93. The highest BCUT2D eigenvalue weighted by Gasteiger charge is 2.30. The fourth-order valence-corrected chi connectivity index (χ4v) is 3.32. The largest absolute Gasteiger partial charge is 0.353 e. The van der Waals surface area contributed by atoms with Crippen LogP contribution in [-0.2, 0) is 9.59 Å². The van der Waals surface area contributed by atoms with Crippen molar-refractivity contribution >= 4 is 11.8 Å². The molecule has 1 saturated carbocycles. The van der Waals surface area contributed by atoms with Crippen molar-refractivity contribution in [3.8, 4) is 0 Å². The SMILES string of the molecule is CC.CC.CC(=O)N1CCC(C(=O)NC2CCC(C)(C)CC2)CC1. The van der Waals surface area contributed by atoms with Gasteiger partial charge in [0, 0.05) is 32.0 Å². The van der Waals surface area contributed by atoms with Crippen molar-refractivity contribution in [3.05, 3.63) is 0 Å². The normalized spacial score (nSPS) is 20.9. The summed E-state index contributed by atoms with van der Waals surface area (Å²) in [5.74, 6) is 0.428. The van der Waals surface area contributed by atoms with Gasteiger partial charge in [-0.15, -0.1) is 0 Å². The summed E-state index contributed by atoms with van der Waals surface area (Å²) in [4.78, 5) is 25.4. The van der Waals surface area contributed by atoms with Crippen molar-refractivity contribution in [3.63, 3.8) is 0 Å². The Balaban J connectivity index is 0.00000123. The summed E-state index contributed by atoms with van der Waals surface area (Å²) >= 11 is 0. The van der Waals surface area contributed by atoms with Crippen LogP contribution in [0.2, 0.25) is 0 Å². The smallest absolute Gasteiger partial charge is 0.223 e. The van der Waals surface area contributed by atoms with Crippen molar-refractivity contribution in [1.29, 1.82) is 0 Å².